The lowest BCUT2D eigenvalue weighted by Gasteiger charge is -2.19. The van der Waals surface area contributed by atoms with E-state index in [2.05, 4.69) is 11.6 Å². The first-order valence-corrected chi connectivity index (χ1v) is 8.83. The first-order valence-electron chi connectivity index (χ1n) is 7.44. The predicted molar refractivity (Wildman–Crippen MR) is 91.2 cm³/mol. The van der Waals surface area contributed by atoms with Crippen molar-refractivity contribution in [2.45, 2.75) is 40.2 Å². The molecule has 1 unspecified atom stereocenters. The molecule has 0 aliphatic carbocycles. The van der Waals surface area contributed by atoms with Crippen molar-refractivity contribution < 1.29 is 9.53 Å². The summed E-state index contributed by atoms with van der Waals surface area (Å²) in [4.78, 5) is 12.0. The minimum absolute atomic E-state index is 0.00763. The van der Waals surface area contributed by atoms with Gasteiger partial charge in [-0.05, 0) is 50.3 Å². The average Bonchev–Trinajstić information content (AvgIpc) is 2.44. The Morgan fingerprint density at radius 1 is 1.29 bits per heavy atom. The van der Waals surface area contributed by atoms with Crippen molar-refractivity contribution in [2.75, 3.05) is 18.6 Å². The van der Waals surface area contributed by atoms with Crippen LogP contribution in [0, 0.1) is 19.8 Å². The number of ether oxygens (including phenoxy) is 1. The van der Waals surface area contributed by atoms with Crippen LogP contribution in [0.5, 0.6) is 5.75 Å². The maximum Gasteiger partial charge on any atom is 0.223 e. The van der Waals surface area contributed by atoms with Crippen molar-refractivity contribution in [3.8, 4) is 5.75 Å². The second-order valence-corrected chi connectivity index (χ2v) is 6.61. The molecule has 0 bridgehead atoms. The van der Waals surface area contributed by atoms with Crippen LogP contribution in [0.15, 0.2) is 18.2 Å². The van der Waals surface area contributed by atoms with Crippen LogP contribution in [-0.2, 0) is 4.79 Å². The topological polar surface area (TPSA) is 38.3 Å². The number of amides is 1. The third kappa shape index (κ3) is 6.00. The van der Waals surface area contributed by atoms with E-state index >= 15 is 0 Å². The van der Waals surface area contributed by atoms with Gasteiger partial charge in [0.1, 0.15) is 12.4 Å². The number of para-hydroxylation sites is 1. The van der Waals surface area contributed by atoms with Crippen LogP contribution in [0.4, 0.5) is 0 Å². The van der Waals surface area contributed by atoms with Gasteiger partial charge in [-0.1, -0.05) is 25.1 Å². The summed E-state index contributed by atoms with van der Waals surface area (Å²) in [5.74, 6) is 2.11. The van der Waals surface area contributed by atoms with Gasteiger partial charge in [0.05, 0.1) is 6.04 Å². The summed E-state index contributed by atoms with van der Waals surface area (Å²) in [5.41, 5.74) is 2.25. The van der Waals surface area contributed by atoms with Gasteiger partial charge in [-0.3, -0.25) is 4.79 Å². The molecule has 1 rings (SSSR count). The van der Waals surface area contributed by atoms with Gasteiger partial charge in [0, 0.05) is 5.92 Å². The van der Waals surface area contributed by atoms with Gasteiger partial charge in [0.2, 0.25) is 5.91 Å². The molecule has 0 saturated carbocycles. The van der Waals surface area contributed by atoms with E-state index in [1.54, 1.807) is 11.8 Å². The lowest BCUT2D eigenvalue weighted by molar-refractivity contribution is -0.125. The molecular formula is C17H27NO2S. The SMILES string of the molecule is CSCC[C@H](C)C(=O)NC(C)COc1c(C)cccc1C. The van der Waals surface area contributed by atoms with Crippen LogP contribution in [-0.4, -0.2) is 30.6 Å². The van der Waals surface area contributed by atoms with Gasteiger partial charge in [0.25, 0.3) is 0 Å². The van der Waals surface area contributed by atoms with Gasteiger partial charge < -0.3 is 10.1 Å². The Morgan fingerprint density at radius 3 is 2.48 bits per heavy atom. The second kappa shape index (κ2) is 8.98. The summed E-state index contributed by atoms with van der Waals surface area (Å²) in [6.07, 6.45) is 2.98. The van der Waals surface area contributed by atoms with E-state index in [0.29, 0.717) is 6.61 Å². The van der Waals surface area contributed by atoms with Crippen molar-refractivity contribution in [3.05, 3.63) is 29.3 Å². The largest absolute Gasteiger partial charge is 0.491 e. The van der Waals surface area contributed by atoms with Gasteiger partial charge in [-0.25, -0.2) is 0 Å². The van der Waals surface area contributed by atoms with E-state index in [1.165, 1.54) is 0 Å². The Labute approximate surface area is 132 Å². The first kappa shape index (κ1) is 17.9. The van der Waals surface area contributed by atoms with Crippen molar-refractivity contribution in [2.24, 2.45) is 5.92 Å². The fraction of sp³-hybridized carbons (Fsp3) is 0.588. The number of nitrogens with one attached hydrogen (secondary N) is 1. The summed E-state index contributed by atoms with van der Waals surface area (Å²) < 4.78 is 5.87. The molecule has 0 radical (unpaired) electrons. The highest BCUT2D eigenvalue weighted by Gasteiger charge is 2.15. The minimum atomic E-state index is 0.00763. The first-order chi connectivity index (χ1) is 9.95. The molecule has 0 saturated heterocycles. The van der Waals surface area contributed by atoms with Gasteiger partial charge in [-0.2, -0.15) is 11.8 Å². The molecule has 21 heavy (non-hydrogen) atoms. The minimum Gasteiger partial charge on any atom is -0.491 e. The van der Waals surface area contributed by atoms with E-state index in [0.717, 1.165) is 29.1 Å². The number of carbonyl (C=O) groups is 1. The third-order valence-corrected chi connectivity index (χ3v) is 4.12. The molecule has 0 heterocycles. The third-order valence-electron chi connectivity index (χ3n) is 3.48. The van der Waals surface area contributed by atoms with Crippen molar-refractivity contribution >= 4 is 17.7 Å². The van der Waals surface area contributed by atoms with Crippen LogP contribution < -0.4 is 10.1 Å². The number of benzene rings is 1. The molecule has 1 amide bonds. The number of aryl methyl sites for hydroxylation is 2. The van der Waals surface area contributed by atoms with Crippen molar-refractivity contribution in [1.82, 2.24) is 5.32 Å². The van der Waals surface area contributed by atoms with Crippen molar-refractivity contribution in [3.63, 3.8) is 0 Å². The van der Waals surface area contributed by atoms with Crippen molar-refractivity contribution in [1.29, 1.82) is 0 Å². The quantitative estimate of drug-likeness (QED) is 0.798. The molecule has 0 spiro atoms. The lowest BCUT2D eigenvalue weighted by atomic mass is 10.1. The molecule has 4 heteroatoms. The highest BCUT2D eigenvalue weighted by atomic mass is 32.2. The Balaban J connectivity index is 2.43. The zero-order valence-corrected chi connectivity index (χ0v) is 14.5. The molecule has 2 atom stereocenters. The average molecular weight is 309 g/mol. The van der Waals surface area contributed by atoms with Crippen LogP contribution in [0.25, 0.3) is 0 Å². The number of hydrogen-bond acceptors (Lipinski definition) is 3. The normalized spacial score (nSPS) is 13.6. The van der Waals surface area contributed by atoms with Crippen LogP contribution in [0.1, 0.15) is 31.4 Å². The van der Waals surface area contributed by atoms with Crippen LogP contribution in [0.2, 0.25) is 0 Å². The van der Waals surface area contributed by atoms with Crippen LogP contribution >= 0.6 is 11.8 Å². The highest BCUT2D eigenvalue weighted by molar-refractivity contribution is 7.98. The number of hydrogen-bond donors (Lipinski definition) is 1. The summed E-state index contributed by atoms with van der Waals surface area (Å²) >= 11 is 1.77. The summed E-state index contributed by atoms with van der Waals surface area (Å²) in [5, 5.41) is 3.02. The van der Waals surface area contributed by atoms with Gasteiger partial charge >= 0.3 is 0 Å². The number of carbonyl (C=O) groups excluding carboxylic acids is 1. The molecule has 1 aromatic carbocycles. The van der Waals surface area contributed by atoms with Gasteiger partial charge in [-0.15, -0.1) is 0 Å². The fourth-order valence-corrected chi connectivity index (χ4v) is 2.68. The summed E-state index contributed by atoms with van der Waals surface area (Å²) in [6.45, 7) is 8.52. The maximum atomic E-state index is 12.0. The van der Waals surface area contributed by atoms with E-state index in [4.69, 9.17) is 4.74 Å². The molecule has 0 aliphatic heterocycles. The zero-order valence-electron chi connectivity index (χ0n) is 13.7. The molecule has 0 fully saturated rings. The zero-order chi connectivity index (χ0) is 15.8. The maximum absolute atomic E-state index is 12.0. The van der Waals surface area contributed by atoms with Crippen LogP contribution in [0.3, 0.4) is 0 Å². The molecule has 3 nitrogen and oxygen atoms in total. The number of thioether (sulfide) groups is 1. The molecule has 0 aliphatic rings. The standard InChI is InChI=1S/C17H27NO2S/c1-12-7-6-8-13(2)16(12)20-11-15(4)18-17(19)14(3)9-10-21-5/h6-8,14-15H,9-11H2,1-5H3,(H,18,19)/t14-,15?/m0/s1. The van der Waals surface area contributed by atoms with E-state index in [-0.39, 0.29) is 17.9 Å². The Kier molecular flexibility index (Phi) is 7.65. The predicted octanol–water partition coefficient (Wildman–Crippen LogP) is 3.58. The highest BCUT2D eigenvalue weighted by Crippen LogP contribution is 2.22. The second-order valence-electron chi connectivity index (χ2n) is 5.62. The molecular weight excluding hydrogens is 282 g/mol. The monoisotopic (exact) mass is 309 g/mol. The molecule has 1 aromatic rings. The van der Waals surface area contributed by atoms with E-state index in [1.807, 2.05) is 45.9 Å². The fourth-order valence-electron chi connectivity index (χ4n) is 2.09. The molecule has 1 N–H and O–H groups in total. The van der Waals surface area contributed by atoms with E-state index in [9.17, 15) is 4.79 Å². The van der Waals surface area contributed by atoms with Gasteiger partial charge in [0.15, 0.2) is 0 Å². The Hall–Kier alpha value is -1.16. The lowest BCUT2D eigenvalue weighted by Crippen LogP contribution is -2.40. The number of rotatable bonds is 8. The summed E-state index contributed by atoms with van der Waals surface area (Å²) in [7, 11) is 0. The Bertz CT molecular complexity index is 442. The smallest absolute Gasteiger partial charge is 0.223 e. The molecule has 118 valence electrons. The summed E-state index contributed by atoms with van der Waals surface area (Å²) in [6, 6.07) is 6.11. The molecule has 0 aromatic heterocycles. The Morgan fingerprint density at radius 2 is 1.90 bits per heavy atom. The van der Waals surface area contributed by atoms with E-state index < -0.39 is 0 Å².